The molecule has 0 spiro atoms. The summed E-state index contributed by atoms with van der Waals surface area (Å²) in [5.74, 6) is 0.744. The largest absolute Gasteiger partial charge is 0.336 e. The number of amides is 1. The van der Waals surface area contributed by atoms with Gasteiger partial charge in [0.15, 0.2) is 0 Å². The smallest absolute Gasteiger partial charge is 0.255 e. The lowest BCUT2D eigenvalue weighted by Crippen LogP contribution is -2.43. The molecule has 1 aromatic rings. The Balaban J connectivity index is 2.16. The lowest BCUT2D eigenvalue weighted by molar-refractivity contribution is 0.0657. The zero-order chi connectivity index (χ0) is 15.4. The van der Waals surface area contributed by atoms with Crippen molar-refractivity contribution in [3.05, 3.63) is 31.8 Å². The second kappa shape index (κ2) is 7.92. The van der Waals surface area contributed by atoms with Crippen LogP contribution < -0.4 is 5.32 Å². The van der Waals surface area contributed by atoms with Crippen LogP contribution in [0.3, 0.4) is 0 Å². The van der Waals surface area contributed by atoms with Gasteiger partial charge in [0, 0.05) is 20.6 Å². The van der Waals surface area contributed by atoms with Gasteiger partial charge in [0.1, 0.15) is 0 Å². The lowest BCUT2D eigenvalue weighted by atomic mass is 9.96. The van der Waals surface area contributed by atoms with Crippen LogP contribution in [0.25, 0.3) is 0 Å². The fraction of sp³-hybridized carbons (Fsp3) is 0.562. The first-order chi connectivity index (χ1) is 9.99. The third-order valence-corrected chi connectivity index (χ3v) is 5.32. The van der Waals surface area contributed by atoms with Crippen molar-refractivity contribution in [3.8, 4) is 0 Å². The summed E-state index contributed by atoms with van der Waals surface area (Å²) in [6.45, 7) is 7.19. The van der Waals surface area contributed by atoms with Crippen molar-refractivity contribution >= 4 is 44.4 Å². The second-order valence-corrected chi connectivity index (χ2v) is 7.97. The molecule has 116 valence electrons. The Hall–Kier alpha value is -0.140. The summed E-state index contributed by atoms with van der Waals surface area (Å²) < 4.78 is 1.97. The van der Waals surface area contributed by atoms with Gasteiger partial charge < -0.3 is 10.2 Å². The van der Waals surface area contributed by atoms with Crippen molar-refractivity contribution in [2.45, 2.75) is 32.7 Å². The highest BCUT2D eigenvalue weighted by molar-refractivity contribution is 14.1. The summed E-state index contributed by atoms with van der Waals surface area (Å²) >= 11 is 5.76. The molecule has 1 aliphatic rings. The standard InChI is InChI=1S/C16H22BrIN2O/c1-11(2)20(10-12-5-7-19-8-6-12)16(21)14-9-13(18)3-4-15(14)17/h3-4,9,11-12,19H,5-8,10H2,1-2H3. The average Bonchev–Trinajstić information content (AvgIpc) is 2.47. The minimum absolute atomic E-state index is 0.133. The van der Waals surface area contributed by atoms with Crippen molar-refractivity contribution in [2.75, 3.05) is 19.6 Å². The van der Waals surface area contributed by atoms with Crippen LogP contribution in [0.4, 0.5) is 0 Å². The summed E-state index contributed by atoms with van der Waals surface area (Å²) in [7, 11) is 0. The average molecular weight is 465 g/mol. The number of hydrogen-bond donors (Lipinski definition) is 1. The fourth-order valence-electron chi connectivity index (χ4n) is 2.69. The number of rotatable bonds is 4. The molecular weight excluding hydrogens is 443 g/mol. The molecule has 1 amide bonds. The number of hydrogen-bond acceptors (Lipinski definition) is 2. The molecule has 2 rings (SSSR count). The van der Waals surface area contributed by atoms with Crippen molar-refractivity contribution in [1.29, 1.82) is 0 Å². The van der Waals surface area contributed by atoms with Crippen LogP contribution in [0.1, 0.15) is 37.0 Å². The zero-order valence-electron chi connectivity index (χ0n) is 12.5. The van der Waals surface area contributed by atoms with E-state index >= 15 is 0 Å². The van der Waals surface area contributed by atoms with E-state index in [1.165, 1.54) is 0 Å². The van der Waals surface area contributed by atoms with Gasteiger partial charge >= 0.3 is 0 Å². The Labute approximate surface area is 149 Å². The highest BCUT2D eigenvalue weighted by Gasteiger charge is 2.25. The third-order valence-electron chi connectivity index (χ3n) is 3.96. The highest BCUT2D eigenvalue weighted by atomic mass is 127. The second-order valence-electron chi connectivity index (χ2n) is 5.87. The SMILES string of the molecule is CC(C)N(CC1CCNCC1)C(=O)c1cc(I)ccc1Br. The highest BCUT2D eigenvalue weighted by Crippen LogP contribution is 2.23. The van der Waals surface area contributed by atoms with Gasteiger partial charge in [-0.2, -0.15) is 0 Å². The van der Waals surface area contributed by atoms with E-state index in [-0.39, 0.29) is 11.9 Å². The van der Waals surface area contributed by atoms with Crippen LogP contribution in [-0.2, 0) is 0 Å². The fourth-order valence-corrected chi connectivity index (χ4v) is 3.59. The Kier molecular flexibility index (Phi) is 6.50. The third kappa shape index (κ3) is 4.66. The van der Waals surface area contributed by atoms with Crippen LogP contribution in [-0.4, -0.2) is 36.5 Å². The van der Waals surface area contributed by atoms with Crippen LogP contribution in [0.5, 0.6) is 0 Å². The van der Waals surface area contributed by atoms with Crippen molar-refractivity contribution < 1.29 is 4.79 Å². The summed E-state index contributed by atoms with van der Waals surface area (Å²) in [6.07, 6.45) is 2.31. The van der Waals surface area contributed by atoms with E-state index < -0.39 is 0 Å². The maximum Gasteiger partial charge on any atom is 0.255 e. The zero-order valence-corrected chi connectivity index (χ0v) is 16.3. The van der Waals surface area contributed by atoms with Gasteiger partial charge in [0.05, 0.1) is 5.56 Å². The molecule has 0 atom stereocenters. The molecule has 5 heteroatoms. The molecule has 0 aliphatic carbocycles. The van der Waals surface area contributed by atoms with Gasteiger partial charge in [-0.05, 0) is 102 Å². The molecule has 3 nitrogen and oxygen atoms in total. The van der Waals surface area contributed by atoms with Crippen LogP contribution in [0, 0.1) is 9.49 Å². The van der Waals surface area contributed by atoms with E-state index in [2.05, 4.69) is 57.7 Å². The molecule has 1 saturated heterocycles. The minimum atomic E-state index is 0.133. The maximum atomic E-state index is 12.9. The molecule has 1 aliphatic heterocycles. The van der Waals surface area contributed by atoms with Gasteiger partial charge in [-0.25, -0.2) is 0 Å². The molecule has 1 aromatic carbocycles. The summed E-state index contributed by atoms with van der Waals surface area (Å²) in [6, 6.07) is 6.15. The van der Waals surface area contributed by atoms with E-state index in [1.807, 2.05) is 23.1 Å². The van der Waals surface area contributed by atoms with Gasteiger partial charge in [0.2, 0.25) is 0 Å². The maximum absolute atomic E-state index is 12.9. The topological polar surface area (TPSA) is 32.3 Å². The molecule has 0 radical (unpaired) electrons. The molecule has 1 N–H and O–H groups in total. The molecular formula is C16H22BrIN2O. The van der Waals surface area contributed by atoms with Crippen LogP contribution in [0.2, 0.25) is 0 Å². The van der Waals surface area contributed by atoms with Crippen LogP contribution >= 0.6 is 38.5 Å². The van der Waals surface area contributed by atoms with E-state index in [9.17, 15) is 4.79 Å². The first-order valence-corrected chi connectivity index (χ1v) is 9.33. The minimum Gasteiger partial charge on any atom is -0.336 e. The first kappa shape index (κ1) is 17.2. The van der Waals surface area contributed by atoms with E-state index in [0.29, 0.717) is 5.92 Å². The lowest BCUT2D eigenvalue weighted by Gasteiger charge is -2.33. The Morgan fingerprint density at radius 2 is 2.10 bits per heavy atom. The summed E-state index contributed by atoms with van der Waals surface area (Å²) in [5, 5.41) is 3.38. The molecule has 0 aromatic heterocycles. The number of piperidine rings is 1. The Morgan fingerprint density at radius 3 is 2.71 bits per heavy atom. The molecule has 1 heterocycles. The number of benzene rings is 1. The normalized spacial score (nSPS) is 16.2. The molecule has 21 heavy (non-hydrogen) atoms. The summed E-state index contributed by atoms with van der Waals surface area (Å²) in [4.78, 5) is 14.9. The quantitative estimate of drug-likeness (QED) is 0.685. The molecule has 0 saturated carbocycles. The van der Waals surface area contributed by atoms with Gasteiger partial charge in [-0.15, -0.1) is 0 Å². The monoisotopic (exact) mass is 464 g/mol. The van der Waals surface area contributed by atoms with Gasteiger partial charge in [-0.1, -0.05) is 0 Å². The number of carbonyl (C=O) groups excluding carboxylic acids is 1. The number of halogens is 2. The van der Waals surface area contributed by atoms with Gasteiger partial charge in [-0.3, -0.25) is 4.79 Å². The molecule has 1 fully saturated rings. The van der Waals surface area contributed by atoms with Crippen molar-refractivity contribution in [2.24, 2.45) is 5.92 Å². The number of nitrogens with one attached hydrogen (secondary N) is 1. The Morgan fingerprint density at radius 1 is 1.43 bits per heavy atom. The van der Waals surface area contributed by atoms with Crippen molar-refractivity contribution in [3.63, 3.8) is 0 Å². The summed E-state index contributed by atoms with van der Waals surface area (Å²) in [5.41, 5.74) is 0.768. The van der Waals surface area contributed by atoms with E-state index in [4.69, 9.17) is 0 Å². The van der Waals surface area contributed by atoms with Crippen LogP contribution in [0.15, 0.2) is 22.7 Å². The molecule has 0 unspecified atom stereocenters. The van der Waals surface area contributed by atoms with E-state index in [0.717, 1.165) is 46.1 Å². The Bertz CT molecular complexity index is 501. The molecule has 0 bridgehead atoms. The number of carbonyl (C=O) groups is 1. The number of nitrogens with zero attached hydrogens (tertiary/aromatic N) is 1. The van der Waals surface area contributed by atoms with Gasteiger partial charge in [0.25, 0.3) is 5.91 Å². The predicted molar refractivity (Wildman–Crippen MR) is 98.6 cm³/mol. The predicted octanol–water partition coefficient (Wildman–Crippen LogP) is 3.90. The first-order valence-electron chi connectivity index (χ1n) is 7.45. The van der Waals surface area contributed by atoms with Crippen molar-refractivity contribution in [1.82, 2.24) is 10.2 Å². The van der Waals surface area contributed by atoms with E-state index in [1.54, 1.807) is 0 Å².